The average Bonchev–Trinajstić information content (AvgIpc) is 2.65. The monoisotopic (exact) mass is 261 g/mol. The van der Waals surface area contributed by atoms with Crippen LogP contribution in [0.4, 0.5) is 4.79 Å². The van der Waals surface area contributed by atoms with Gasteiger partial charge in [-0.2, -0.15) is 0 Å². The third kappa shape index (κ3) is 2.90. The molecule has 1 N–H and O–H groups in total. The van der Waals surface area contributed by atoms with E-state index in [-0.39, 0.29) is 24.8 Å². The van der Waals surface area contributed by atoms with Gasteiger partial charge >= 0.3 is 6.03 Å². The van der Waals surface area contributed by atoms with E-state index in [4.69, 9.17) is 0 Å². The summed E-state index contributed by atoms with van der Waals surface area (Å²) in [5.74, 6) is -0.613. The van der Waals surface area contributed by atoms with Gasteiger partial charge in [0.15, 0.2) is 0 Å². The molecular formula is C13H15N3O3. The minimum absolute atomic E-state index is 0.104. The fourth-order valence-electron chi connectivity index (χ4n) is 1.91. The maximum atomic E-state index is 11.8. The zero-order chi connectivity index (χ0) is 13.8. The molecule has 1 aliphatic rings. The molecule has 1 aromatic rings. The van der Waals surface area contributed by atoms with Gasteiger partial charge in [0.25, 0.3) is 5.91 Å². The standard InChI is InChI=1S/C13H15N3O3/c1-2-15-12(18)9-16(13(15)19)14-11(17)8-10-6-4-3-5-7-10/h3-7H,2,8-9H2,1H3,(H,14,17). The van der Waals surface area contributed by atoms with Crippen LogP contribution >= 0.6 is 0 Å². The molecule has 19 heavy (non-hydrogen) atoms. The Labute approximate surface area is 111 Å². The number of hydrogen-bond acceptors (Lipinski definition) is 3. The van der Waals surface area contributed by atoms with E-state index in [2.05, 4.69) is 5.43 Å². The predicted octanol–water partition coefficient (Wildman–Crippen LogP) is 0.544. The molecule has 1 aliphatic heterocycles. The van der Waals surface area contributed by atoms with Crippen LogP contribution in [-0.4, -0.2) is 40.8 Å². The summed E-state index contributed by atoms with van der Waals surface area (Å²) >= 11 is 0. The van der Waals surface area contributed by atoms with Gasteiger partial charge in [-0.05, 0) is 12.5 Å². The summed E-state index contributed by atoms with van der Waals surface area (Å²) in [4.78, 5) is 36.1. The van der Waals surface area contributed by atoms with Gasteiger partial charge in [-0.25, -0.2) is 9.80 Å². The normalized spacial score (nSPS) is 15.0. The fraction of sp³-hybridized carbons (Fsp3) is 0.308. The van der Waals surface area contributed by atoms with E-state index in [1.165, 1.54) is 0 Å². The first-order valence-corrected chi connectivity index (χ1v) is 6.07. The van der Waals surface area contributed by atoms with Crippen molar-refractivity contribution in [1.29, 1.82) is 0 Å². The van der Waals surface area contributed by atoms with Crippen molar-refractivity contribution in [3.63, 3.8) is 0 Å². The molecule has 0 saturated carbocycles. The first-order valence-electron chi connectivity index (χ1n) is 6.07. The molecule has 1 heterocycles. The zero-order valence-corrected chi connectivity index (χ0v) is 10.6. The number of imide groups is 1. The van der Waals surface area contributed by atoms with Crippen LogP contribution in [-0.2, 0) is 16.0 Å². The summed E-state index contributed by atoms with van der Waals surface area (Å²) in [6, 6.07) is 8.72. The van der Waals surface area contributed by atoms with Gasteiger partial charge in [0.1, 0.15) is 6.54 Å². The second kappa shape index (κ2) is 5.51. The number of rotatable bonds is 4. The van der Waals surface area contributed by atoms with Crippen LogP contribution in [0, 0.1) is 0 Å². The first kappa shape index (κ1) is 13.1. The molecule has 1 saturated heterocycles. The molecule has 6 heteroatoms. The van der Waals surface area contributed by atoms with Crippen molar-refractivity contribution in [2.75, 3.05) is 13.1 Å². The van der Waals surface area contributed by atoms with Gasteiger partial charge in [0, 0.05) is 6.54 Å². The minimum atomic E-state index is -0.478. The SMILES string of the molecule is CCN1C(=O)CN(NC(=O)Cc2ccccc2)C1=O. The molecule has 6 nitrogen and oxygen atoms in total. The number of nitrogens with one attached hydrogen (secondary N) is 1. The number of hydrazine groups is 1. The Morgan fingerprint density at radius 1 is 1.26 bits per heavy atom. The molecule has 100 valence electrons. The highest BCUT2D eigenvalue weighted by atomic mass is 16.2. The second-order valence-corrected chi connectivity index (χ2v) is 4.20. The van der Waals surface area contributed by atoms with Crippen molar-refractivity contribution in [1.82, 2.24) is 15.3 Å². The molecule has 0 atom stereocenters. The number of likely N-dealkylation sites (N-methyl/N-ethyl adjacent to an activating group) is 1. The molecule has 1 fully saturated rings. The molecule has 0 bridgehead atoms. The summed E-state index contributed by atoms with van der Waals surface area (Å²) in [5.41, 5.74) is 3.31. The van der Waals surface area contributed by atoms with Crippen molar-refractivity contribution in [2.24, 2.45) is 0 Å². The van der Waals surface area contributed by atoms with Gasteiger partial charge in [-0.1, -0.05) is 30.3 Å². The number of benzene rings is 1. The Kier molecular flexibility index (Phi) is 3.79. The van der Waals surface area contributed by atoms with Crippen LogP contribution in [0.25, 0.3) is 0 Å². The molecule has 4 amide bonds. The average molecular weight is 261 g/mol. The third-order valence-corrected chi connectivity index (χ3v) is 2.84. The Bertz CT molecular complexity index is 501. The number of carbonyl (C=O) groups is 3. The van der Waals surface area contributed by atoms with Gasteiger partial charge < -0.3 is 0 Å². The molecule has 0 unspecified atom stereocenters. The predicted molar refractivity (Wildman–Crippen MR) is 67.8 cm³/mol. The largest absolute Gasteiger partial charge is 0.345 e. The maximum Gasteiger partial charge on any atom is 0.345 e. The first-order chi connectivity index (χ1) is 9.11. The maximum absolute atomic E-state index is 11.8. The van der Waals surface area contributed by atoms with E-state index in [1.807, 2.05) is 30.3 Å². The lowest BCUT2D eigenvalue weighted by atomic mass is 10.1. The summed E-state index contributed by atoms with van der Waals surface area (Å²) in [7, 11) is 0. The number of hydrogen-bond donors (Lipinski definition) is 1. The topological polar surface area (TPSA) is 69.7 Å². The van der Waals surface area contributed by atoms with Crippen molar-refractivity contribution < 1.29 is 14.4 Å². The summed E-state index contributed by atoms with van der Waals surface area (Å²) < 4.78 is 0. The molecule has 0 radical (unpaired) electrons. The van der Waals surface area contributed by atoms with Crippen LogP contribution in [0.1, 0.15) is 12.5 Å². The van der Waals surface area contributed by atoms with Crippen molar-refractivity contribution in [2.45, 2.75) is 13.3 Å². The number of urea groups is 1. The van der Waals surface area contributed by atoms with Gasteiger partial charge in [0.2, 0.25) is 5.91 Å². The van der Waals surface area contributed by atoms with Crippen LogP contribution in [0.2, 0.25) is 0 Å². The Morgan fingerprint density at radius 2 is 1.95 bits per heavy atom. The van der Waals surface area contributed by atoms with Crippen LogP contribution in [0.5, 0.6) is 0 Å². The van der Waals surface area contributed by atoms with Crippen molar-refractivity contribution in [3.8, 4) is 0 Å². The lowest BCUT2D eigenvalue weighted by Crippen LogP contribution is -2.45. The van der Waals surface area contributed by atoms with Crippen LogP contribution in [0.15, 0.2) is 30.3 Å². The third-order valence-electron chi connectivity index (χ3n) is 2.84. The molecule has 0 spiro atoms. The lowest BCUT2D eigenvalue weighted by molar-refractivity contribution is -0.126. The van der Waals surface area contributed by atoms with Crippen molar-refractivity contribution >= 4 is 17.8 Å². The van der Waals surface area contributed by atoms with E-state index in [0.29, 0.717) is 6.54 Å². The Balaban J connectivity index is 1.93. The van der Waals surface area contributed by atoms with Crippen molar-refractivity contribution in [3.05, 3.63) is 35.9 Å². The smallest absolute Gasteiger partial charge is 0.273 e. The quantitative estimate of drug-likeness (QED) is 0.804. The molecular weight excluding hydrogens is 246 g/mol. The highest BCUT2D eigenvalue weighted by Crippen LogP contribution is 2.07. The molecule has 0 aliphatic carbocycles. The number of carbonyl (C=O) groups excluding carboxylic acids is 3. The Hall–Kier alpha value is -2.37. The van der Waals surface area contributed by atoms with Gasteiger partial charge in [-0.3, -0.25) is 19.9 Å². The van der Waals surface area contributed by atoms with Gasteiger partial charge in [-0.15, -0.1) is 0 Å². The second-order valence-electron chi connectivity index (χ2n) is 4.20. The van der Waals surface area contributed by atoms with Crippen LogP contribution < -0.4 is 5.43 Å². The van der Waals surface area contributed by atoms with E-state index in [0.717, 1.165) is 15.5 Å². The van der Waals surface area contributed by atoms with E-state index in [1.54, 1.807) is 6.92 Å². The summed E-state index contributed by atoms with van der Waals surface area (Å²) in [5, 5.41) is 1.05. The highest BCUT2D eigenvalue weighted by molar-refractivity contribution is 6.02. The summed E-state index contributed by atoms with van der Waals surface area (Å²) in [6.45, 7) is 1.92. The number of amides is 4. The fourth-order valence-corrected chi connectivity index (χ4v) is 1.91. The summed E-state index contributed by atoms with van der Waals surface area (Å²) in [6.07, 6.45) is 0.172. The minimum Gasteiger partial charge on any atom is -0.273 e. The van der Waals surface area contributed by atoms with E-state index < -0.39 is 6.03 Å². The highest BCUT2D eigenvalue weighted by Gasteiger charge is 2.35. The van der Waals surface area contributed by atoms with E-state index in [9.17, 15) is 14.4 Å². The van der Waals surface area contributed by atoms with Crippen LogP contribution in [0.3, 0.4) is 0 Å². The van der Waals surface area contributed by atoms with E-state index >= 15 is 0 Å². The molecule has 2 rings (SSSR count). The number of nitrogens with zero attached hydrogens (tertiary/aromatic N) is 2. The Morgan fingerprint density at radius 3 is 2.53 bits per heavy atom. The molecule has 0 aromatic heterocycles. The van der Waals surface area contributed by atoms with Gasteiger partial charge in [0.05, 0.1) is 6.42 Å². The molecule has 1 aromatic carbocycles. The lowest BCUT2D eigenvalue weighted by Gasteiger charge is -2.16. The zero-order valence-electron chi connectivity index (χ0n) is 10.6.